The molecule has 0 spiro atoms. The Hall–Kier alpha value is -1.51. The zero-order valence-corrected chi connectivity index (χ0v) is 12.5. The van der Waals surface area contributed by atoms with Gasteiger partial charge in [-0.1, -0.05) is 39.0 Å². The quantitative estimate of drug-likeness (QED) is 0.792. The Morgan fingerprint density at radius 1 is 1.16 bits per heavy atom. The van der Waals surface area contributed by atoms with Crippen molar-refractivity contribution < 1.29 is 4.79 Å². The summed E-state index contributed by atoms with van der Waals surface area (Å²) in [5.41, 5.74) is 3.68. The second kappa shape index (κ2) is 7.82. The van der Waals surface area contributed by atoms with Gasteiger partial charge in [-0.3, -0.25) is 4.79 Å². The summed E-state index contributed by atoms with van der Waals surface area (Å²) in [6.07, 6.45) is 2.91. The van der Waals surface area contributed by atoms with Crippen molar-refractivity contribution in [1.29, 1.82) is 0 Å². The van der Waals surface area contributed by atoms with Crippen molar-refractivity contribution in [1.82, 2.24) is 5.32 Å². The molecule has 0 saturated heterocycles. The van der Waals surface area contributed by atoms with E-state index in [0.717, 1.165) is 24.9 Å². The summed E-state index contributed by atoms with van der Waals surface area (Å²) >= 11 is 0. The molecule has 1 amide bonds. The van der Waals surface area contributed by atoms with Gasteiger partial charge in [0.15, 0.2) is 0 Å². The molecule has 1 rings (SSSR count). The number of para-hydroxylation sites is 1. The number of hydrogen-bond acceptors (Lipinski definition) is 2. The number of benzene rings is 1. The predicted octanol–water partition coefficient (Wildman–Crippen LogP) is 3.14. The lowest BCUT2D eigenvalue weighted by Crippen LogP contribution is -2.36. The summed E-state index contributed by atoms with van der Waals surface area (Å²) in [4.78, 5) is 11.8. The summed E-state index contributed by atoms with van der Waals surface area (Å²) in [5.74, 6) is 0.0577. The molecule has 0 bridgehead atoms. The maximum absolute atomic E-state index is 11.8. The molecule has 1 aromatic rings. The van der Waals surface area contributed by atoms with Crippen molar-refractivity contribution in [3.8, 4) is 0 Å². The van der Waals surface area contributed by atoms with E-state index in [0.29, 0.717) is 6.54 Å². The molecule has 3 nitrogen and oxygen atoms in total. The monoisotopic (exact) mass is 262 g/mol. The Balaban J connectivity index is 2.68. The Bertz CT molecular complexity index is 393. The molecule has 106 valence electrons. The van der Waals surface area contributed by atoms with Crippen LogP contribution in [0, 0.1) is 0 Å². The van der Waals surface area contributed by atoms with Crippen molar-refractivity contribution >= 4 is 11.6 Å². The van der Waals surface area contributed by atoms with Gasteiger partial charge in [0.25, 0.3) is 0 Å². The van der Waals surface area contributed by atoms with Gasteiger partial charge in [-0.2, -0.15) is 0 Å². The number of hydrogen-bond donors (Lipinski definition) is 2. The fourth-order valence-electron chi connectivity index (χ4n) is 2.07. The van der Waals surface area contributed by atoms with Gasteiger partial charge in [-0.05, 0) is 37.3 Å². The van der Waals surface area contributed by atoms with Crippen molar-refractivity contribution in [3.63, 3.8) is 0 Å². The average Bonchev–Trinajstić information content (AvgIpc) is 2.44. The maximum atomic E-state index is 11.8. The first-order chi connectivity index (χ1) is 9.12. The van der Waals surface area contributed by atoms with E-state index in [1.807, 2.05) is 6.92 Å². The van der Waals surface area contributed by atoms with Crippen LogP contribution < -0.4 is 10.6 Å². The van der Waals surface area contributed by atoms with E-state index >= 15 is 0 Å². The molecule has 0 saturated carbocycles. The third-order valence-electron chi connectivity index (χ3n) is 3.44. The van der Waals surface area contributed by atoms with E-state index in [1.54, 1.807) is 0 Å². The van der Waals surface area contributed by atoms with E-state index in [2.05, 4.69) is 49.6 Å². The molecule has 0 aliphatic rings. The van der Waals surface area contributed by atoms with Crippen LogP contribution >= 0.6 is 0 Å². The average molecular weight is 262 g/mol. The van der Waals surface area contributed by atoms with Crippen LogP contribution in [0.2, 0.25) is 0 Å². The summed E-state index contributed by atoms with van der Waals surface area (Å²) in [6.45, 7) is 8.71. The van der Waals surface area contributed by atoms with Gasteiger partial charge in [0.2, 0.25) is 5.91 Å². The highest BCUT2D eigenvalue weighted by atomic mass is 16.1. The van der Waals surface area contributed by atoms with Gasteiger partial charge >= 0.3 is 0 Å². The molecule has 1 aromatic carbocycles. The number of nitrogens with one attached hydrogen (secondary N) is 2. The predicted molar refractivity (Wildman–Crippen MR) is 81.6 cm³/mol. The SMILES string of the molecule is CCc1cccc(CC)c1NCC(=O)NC(C)CC. The van der Waals surface area contributed by atoms with Crippen LogP contribution in [0.5, 0.6) is 0 Å². The van der Waals surface area contributed by atoms with E-state index in [4.69, 9.17) is 0 Å². The topological polar surface area (TPSA) is 41.1 Å². The van der Waals surface area contributed by atoms with Gasteiger partial charge < -0.3 is 10.6 Å². The highest BCUT2D eigenvalue weighted by molar-refractivity contribution is 5.81. The molecular weight excluding hydrogens is 236 g/mol. The molecule has 1 unspecified atom stereocenters. The third-order valence-corrected chi connectivity index (χ3v) is 3.44. The number of amides is 1. The molecule has 0 aromatic heterocycles. The Morgan fingerprint density at radius 3 is 2.21 bits per heavy atom. The Morgan fingerprint density at radius 2 is 1.74 bits per heavy atom. The summed E-state index contributed by atoms with van der Waals surface area (Å²) < 4.78 is 0. The van der Waals surface area contributed by atoms with Gasteiger partial charge in [0.1, 0.15) is 0 Å². The zero-order chi connectivity index (χ0) is 14.3. The van der Waals surface area contributed by atoms with Crippen molar-refractivity contribution in [3.05, 3.63) is 29.3 Å². The molecule has 1 atom stereocenters. The van der Waals surface area contributed by atoms with Crippen molar-refractivity contribution in [2.45, 2.75) is 53.0 Å². The molecule has 0 aliphatic carbocycles. The van der Waals surface area contributed by atoms with Gasteiger partial charge in [0, 0.05) is 11.7 Å². The number of rotatable bonds is 7. The number of carbonyl (C=O) groups is 1. The fraction of sp³-hybridized carbons (Fsp3) is 0.562. The van der Waals surface area contributed by atoms with Crippen molar-refractivity contribution in [2.75, 3.05) is 11.9 Å². The van der Waals surface area contributed by atoms with Crippen LogP contribution in [0.25, 0.3) is 0 Å². The van der Waals surface area contributed by atoms with Crippen LogP contribution in [-0.2, 0) is 17.6 Å². The molecule has 0 aliphatic heterocycles. The first-order valence-corrected chi connectivity index (χ1v) is 7.26. The first kappa shape index (κ1) is 15.5. The first-order valence-electron chi connectivity index (χ1n) is 7.26. The minimum absolute atomic E-state index is 0.0577. The number of carbonyl (C=O) groups excluding carboxylic acids is 1. The zero-order valence-electron chi connectivity index (χ0n) is 12.5. The third kappa shape index (κ3) is 4.58. The van der Waals surface area contributed by atoms with E-state index < -0.39 is 0 Å². The summed E-state index contributed by atoms with van der Waals surface area (Å²) in [6, 6.07) is 6.56. The lowest BCUT2D eigenvalue weighted by molar-refractivity contribution is -0.120. The highest BCUT2D eigenvalue weighted by Gasteiger charge is 2.09. The smallest absolute Gasteiger partial charge is 0.239 e. The molecule has 3 heteroatoms. The molecule has 19 heavy (non-hydrogen) atoms. The van der Waals surface area contributed by atoms with E-state index in [-0.39, 0.29) is 11.9 Å². The van der Waals surface area contributed by atoms with Crippen molar-refractivity contribution in [2.24, 2.45) is 0 Å². The van der Waals surface area contributed by atoms with Crippen LogP contribution in [0.1, 0.15) is 45.2 Å². The Labute approximate surface area is 116 Å². The van der Waals surface area contributed by atoms with Crippen LogP contribution in [0.3, 0.4) is 0 Å². The largest absolute Gasteiger partial charge is 0.376 e. The summed E-state index contributed by atoms with van der Waals surface area (Å²) in [7, 11) is 0. The summed E-state index contributed by atoms with van der Waals surface area (Å²) in [5, 5.41) is 6.27. The molecule has 0 fully saturated rings. The maximum Gasteiger partial charge on any atom is 0.239 e. The number of aryl methyl sites for hydroxylation is 2. The molecular formula is C16H26N2O. The Kier molecular flexibility index (Phi) is 6.40. The minimum Gasteiger partial charge on any atom is -0.376 e. The second-order valence-electron chi connectivity index (χ2n) is 4.89. The van der Waals surface area contributed by atoms with Gasteiger partial charge in [0.05, 0.1) is 6.54 Å². The van der Waals surface area contributed by atoms with Crippen LogP contribution in [-0.4, -0.2) is 18.5 Å². The van der Waals surface area contributed by atoms with E-state index in [9.17, 15) is 4.79 Å². The molecule has 0 radical (unpaired) electrons. The fourth-order valence-corrected chi connectivity index (χ4v) is 2.07. The molecule has 2 N–H and O–H groups in total. The van der Waals surface area contributed by atoms with Gasteiger partial charge in [-0.25, -0.2) is 0 Å². The van der Waals surface area contributed by atoms with Crippen LogP contribution in [0.15, 0.2) is 18.2 Å². The standard InChI is InChI=1S/C16H26N2O/c1-5-12(4)18-15(19)11-17-16-13(6-2)9-8-10-14(16)7-3/h8-10,12,17H,5-7,11H2,1-4H3,(H,18,19). The van der Waals surface area contributed by atoms with Gasteiger partial charge in [-0.15, -0.1) is 0 Å². The highest BCUT2D eigenvalue weighted by Crippen LogP contribution is 2.22. The normalized spacial score (nSPS) is 12.0. The van der Waals surface area contributed by atoms with Crippen LogP contribution in [0.4, 0.5) is 5.69 Å². The molecule has 0 heterocycles. The number of anilines is 1. The van der Waals surface area contributed by atoms with E-state index in [1.165, 1.54) is 11.1 Å². The lowest BCUT2D eigenvalue weighted by Gasteiger charge is -2.16. The minimum atomic E-state index is 0.0577. The lowest BCUT2D eigenvalue weighted by atomic mass is 10.0. The second-order valence-corrected chi connectivity index (χ2v) is 4.89.